The molecule has 2 saturated heterocycles. The standard InChI is InChI=1S/C14H18N2O2.ClH/c15-10-3-1-9(2-4-10)7-14(17)16-12-8-11-5-6-13(12)18-11;/h1-4,11-13H,5-8,15H2,(H,16,17);1H. The fourth-order valence-electron chi connectivity index (χ4n) is 2.87. The maximum Gasteiger partial charge on any atom is 0.224 e. The number of nitrogens with one attached hydrogen (secondary N) is 1. The number of fused-ring (bicyclic) bond motifs is 2. The summed E-state index contributed by atoms with van der Waals surface area (Å²) in [5, 5.41) is 3.08. The molecule has 3 unspecified atom stereocenters. The minimum atomic E-state index is 0. The van der Waals surface area contributed by atoms with Gasteiger partial charge in [-0.2, -0.15) is 0 Å². The number of ether oxygens (including phenoxy) is 1. The number of rotatable bonds is 3. The van der Waals surface area contributed by atoms with E-state index in [1.54, 1.807) is 0 Å². The van der Waals surface area contributed by atoms with Gasteiger partial charge in [-0.25, -0.2) is 0 Å². The Morgan fingerprint density at radius 3 is 2.63 bits per heavy atom. The fourth-order valence-corrected chi connectivity index (χ4v) is 2.87. The summed E-state index contributed by atoms with van der Waals surface area (Å²) in [5.74, 6) is 0.0703. The molecule has 5 heteroatoms. The van der Waals surface area contributed by atoms with Crippen LogP contribution in [0.15, 0.2) is 24.3 Å². The maximum atomic E-state index is 11.9. The lowest BCUT2D eigenvalue weighted by Crippen LogP contribution is -2.42. The van der Waals surface area contributed by atoms with Crippen molar-refractivity contribution in [3.05, 3.63) is 29.8 Å². The van der Waals surface area contributed by atoms with Crippen LogP contribution < -0.4 is 11.1 Å². The van der Waals surface area contributed by atoms with Crippen molar-refractivity contribution in [2.45, 2.75) is 43.9 Å². The average molecular weight is 283 g/mol. The van der Waals surface area contributed by atoms with E-state index in [2.05, 4.69) is 5.32 Å². The van der Waals surface area contributed by atoms with Crippen LogP contribution >= 0.6 is 12.4 Å². The predicted molar refractivity (Wildman–Crippen MR) is 76.2 cm³/mol. The highest BCUT2D eigenvalue weighted by molar-refractivity contribution is 5.85. The van der Waals surface area contributed by atoms with E-state index < -0.39 is 0 Å². The van der Waals surface area contributed by atoms with Gasteiger partial charge in [0.2, 0.25) is 5.91 Å². The molecule has 2 fully saturated rings. The number of nitrogen functional groups attached to an aromatic ring is 1. The zero-order chi connectivity index (χ0) is 12.5. The van der Waals surface area contributed by atoms with Crippen molar-refractivity contribution in [1.29, 1.82) is 0 Å². The summed E-state index contributed by atoms with van der Waals surface area (Å²) in [6, 6.07) is 7.65. The van der Waals surface area contributed by atoms with Crippen molar-refractivity contribution in [3.63, 3.8) is 0 Å². The maximum absolute atomic E-state index is 11.9. The molecule has 3 atom stereocenters. The largest absolute Gasteiger partial charge is 0.399 e. The highest BCUT2D eigenvalue weighted by Crippen LogP contribution is 2.34. The van der Waals surface area contributed by atoms with Crippen molar-refractivity contribution in [2.75, 3.05) is 5.73 Å². The molecule has 104 valence electrons. The first-order valence-electron chi connectivity index (χ1n) is 6.50. The number of amides is 1. The van der Waals surface area contributed by atoms with Crippen LogP contribution in [0.25, 0.3) is 0 Å². The van der Waals surface area contributed by atoms with Gasteiger partial charge in [0.25, 0.3) is 0 Å². The molecule has 2 aliphatic heterocycles. The lowest BCUT2D eigenvalue weighted by molar-refractivity contribution is -0.121. The van der Waals surface area contributed by atoms with E-state index in [4.69, 9.17) is 10.5 Å². The summed E-state index contributed by atoms with van der Waals surface area (Å²) in [6.45, 7) is 0. The summed E-state index contributed by atoms with van der Waals surface area (Å²) in [4.78, 5) is 11.9. The number of carbonyl (C=O) groups is 1. The third kappa shape index (κ3) is 3.19. The van der Waals surface area contributed by atoms with Gasteiger partial charge in [0.05, 0.1) is 24.7 Å². The number of nitrogens with two attached hydrogens (primary N) is 1. The highest BCUT2D eigenvalue weighted by Gasteiger charge is 2.41. The first-order valence-corrected chi connectivity index (χ1v) is 6.50. The number of hydrogen-bond donors (Lipinski definition) is 2. The lowest BCUT2D eigenvalue weighted by atomic mass is 9.95. The monoisotopic (exact) mass is 282 g/mol. The number of hydrogen-bond acceptors (Lipinski definition) is 3. The molecule has 3 N–H and O–H groups in total. The van der Waals surface area contributed by atoms with Crippen LogP contribution in [-0.4, -0.2) is 24.2 Å². The third-order valence-electron chi connectivity index (χ3n) is 3.80. The van der Waals surface area contributed by atoms with Gasteiger partial charge in [-0.15, -0.1) is 12.4 Å². The van der Waals surface area contributed by atoms with Crippen LogP contribution in [0.4, 0.5) is 5.69 Å². The van der Waals surface area contributed by atoms with Gasteiger partial charge in [-0.05, 0) is 37.0 Å². The quantitative estimate of drug-likeness (QED) is 0.829. The summed E-state index contributed by atoms with van der Waals surface area (Å²) >= 11 is 0. The van der Waals surface area contributed by atoms with E-state index in [1.165, 1.54) is 0 Å². The molecule has 0 spiro atoms. The van der Waals surface area contributed by atoms with Gasteiger partial charge in [0.1, 0.15) is 0 Å². The molecule has 1 aromatic carbocycles. The second-order valence-electron chi connectivity index (χ2n) is 5.20. The van der Waals surface area contributed by atoms with Crippen LogP contribution in [0.2, 0.25) is 0 Å². The van der Waals surface area contributed by atoms with Crippen molar-refractivity contribution in [1.82, 2.24) is 5.32 Å². The van der Waals surface area contributed by atoms with Crippen LogP contribution in [-0.2, 0) is 16.0 Å². The van der Waals surface area contributed by atoms with E-state index in [-0.39, 0.29) is 30.5 Å². The van der Waals surface area contributed by atoms with Crippen molar-refractivity contribution >= 4 is 24.0 Å². The van der Waals surface area contributed by atoms with E-state index in [0.29, 0.717) is 12.5 Å². The molecule has 19 heavy (non-hydrogen) atoms. The second kappa shape index (κ2) is 5.80. The van der Waals surface area contributed by atoms with E-state index in [0.717, 1.165) is 30.5 Å². The Kier molecular flexibility index (Phi) is 4.32. The van der Waals surface area contributed by atoms with Crippen molar-refractivity contribution in [2.24, 2.45) is 0 Å². The van der Waals surface area contributed by atoms with Crippen molar-refractivity contribution < 1.29 is 9.53 Å². The number of carbonyl (C=O) groups excluding carboxylic acids is 1. The van der Waals surface area contributed by atoms with Crippen LogP contribution in [0.3, 0.4) is 0 Å². The Morgan fingerprint density at radius 1 is 1.32 bits per heavy atom. The van der Waals surface area contributed by atoms with Gasteiger partial charge in [-0.1, -0.05) is 12.1 Å². The molecule has 0 radical (unpaired) electrons. The fraction of sp³-hybridized carbons (Fsp3) is 0.500. The number of benzene rings is 1. The van der Waals surface area contributed by atoms with E-state index in [9.17, 15) is 4.79 Å². The Hall–Kier alpha value is -1.26. The topological polar surface area (TPSA) is 64.4 Å². The summed E-state index contributed by atoms with van der Waals surface area (Å²) in [7, 11) is 0. The van der Waals surface area contributed by atoms with Gasteiger partial charge in [0.15, 0.2) is 0 Å². The van der Waals surface area contributed by atoms with Gasteiger partial charge in [-0.3, -0.25) is 4.79 Å². The van der Waals surface area contributed by atoms with Crippen LogP contribution in [0, 0.1) is 0 Å². The average Bonchev–Trinajstić information content (AvgIpc) is 2.94. The molecule has 0 saturated carbocycles. The zero-order valence-corrected chi connectivity index (χ0v) is 11.5. The smallest absolute Gasteiger partial charge is 0.224 e. The van der Waals surface area contributed by atoms with Gasteiger partial charge in [0, 0.05) is 5.69 Å². The van der Waals surface area contributed by atoms with Crippen molar-refractivity contribution in [3.8, 4) is 0 Å². The summed E-state index contributed by atoms with van der Waals surface area (Å²) in [6.07, 6.45) is 4.22. The van der Waals surface area contributed by atoms with E-state index in [1.807, 2.05) is 24.3 Å². The molecular weight excluding hydrogens is 264 g/mol. The van der Waals surface area contributed by atoms with Gasteiger partial charge < -0.3 is 15.8 Å². The van der Waals surface area contributed by atoms with Crippen LogP contribution in [0.1, 0.15) is 24.8 Å². The molecule has 2 aliphatic rings. The Morgan fingerprint density at radius 2 is 2.05 bits per heavy atom. The Balaban J connectivity index is 0.00000133. The zero-order valence-electron chi connectivity index (χ0n) is 10.7. The molecule has 4 nitrogen and oxygen atoms in total. The number of anilines is 1. The summed E-state index contributed by atoms with van der Waals surface area (Å²) < 4.78 is 5.72. The summed E-state index contributed by atoms with van der Waals surface area (Å²) in [5.41, 5.74) is 7.33. The molecule has 2 bridgehead atoms. The Bertz CT molecular complexity index is 449. The molecular formula is C14H19ClN2O2. The Labute approximate surface area is 119 Å². The molecule has 1 amide bonds. The lowest BCUT2D eigenvalue weighted by Gasteiger charge is -2.20. The molecule has 0 aliphatic carbocycles. The van der Waals surface area contributed by atoms with Crippen LogP contribution in [0.5, 0.6) is 0 Å². The highest BCUT2D eigenvalue weighted by atomic mass is 35.5. The molecule has 3 rings (SSSR count). The third-order valence-corrected chi connectivity index (χ3v) is 3.80. The number of halogens is 1. The first-order chi connectivity index (χ1) is 8.70. The minimum absolute atomic E-state index is 0. The molecule has 0 aromatic heterocycles. The van der Waals surface area contributed by atoms with E-state index >= 15 is 0 Å². The normalized spacial score (nSPS) is 27.9. The van der Waals surface area contributed by atoms with Gasteiger partial charge >= 0.3 is 0 Å². The predicted octanol–water partition coefficient (Wildman–Crippen LogP) is 1.67. The SMILES string of the molecule is Cl.Nc1ccc(CC(=O)NC2CC3CCC2O3)cc1. The molecule has 2 heterocycles. The second-order valence-corrected chi connectivity index (χ2v) is 5.20. The minimum Gasteiger partial charge on any atom is -0.399 e. The molecule has 1 aromatic rings. The first kappa shape index (κ1) is 14.2.